The van der Waals surface area contributed by atoms with E-state index in [-0.39, 0.29) is 0 Å². The molecule has 0 radical (unpaired) electrons. The minimum Gasteiger partial charge on any atom is -0.495 e. The Balaban J connectivity index is 2.36. The molecule has 1 N–H and O–H groups in total. The van der Waals surface area contributed by atoms with Crippen LogP contribution in [-0.2, 0) is 0 Å². The third-order valence-corrected chi connectivity index (χ3v) is 3.31. The van der Waals surface area contributed by atoms with Gasteiger partial charge in [0.25, 0.3) is 0 Å². The number of methoxy groups -OCH3 is 1. The van der Waals surface area contributed by atoms with Crippen molar-refractivity contribution in [1.29, 1.82) is 0 Å². The molecule has 1 aromatic heterocycles. The lowest BCUT2D eigenvalue weighted by molar-refractivity contribution is 0.417. The van der Waals surface area contributed by atoms with E-state index >= 15 is 0 Å². The maximum atomic E-state index is 6.07. The van der Waals surface area contributed by atoms with E-state index < -0.39 is 0 Å². The van der Waals surface area contributed by atoms with Gasteiger partial charge in [0.2, 0.25) is 0 Å². The van der Waals surface area contributed by atoms with Crippen LogP contribution in [0.4, 0.5) is 11.4 Å². The Bertz CT molecular complexity index is 575. The smallest absolute Gasteiger partial charge is 0.143 e. The third kappa shape index (κ3) is 2.94. The molecule has 0 unspecified atom stereocenters. The summed E-state index contributed by atoms with van der Waals surface area (Å²) in [7, 11) is 1.62. The van der Waals surface area contributed by atoms with E-state index in [1.54, 1.807) is 25.6 Å². The van der Waals surface area contributed by atoms with E-state index in [0.29, 0.717) is 10.8 Å². The van der Waals surface area contributed by atoms with E-state index in [2.05, 4.69) is 26.2 Å². The highest BCUT2D eigenvalue weighted by atomic mass is 79.9. The van der Waals surface area contributed by atoms with Crippen molar-refractivity contribution in [2.75, 3.05) is 12.4 Å². The van der Waals surface area contributed by atoms with Gasteiger partial charge in [-0.3, -0.25) is 4.98 Å². The van der Waals surface area contributed by atoms with Gasteiger partial charge >= 0.3 is 0 Å². The van der Waals surface area contributed by atoms with Gasteiger partial charge in [0, 0.05) is 21.8 Å². The first-order valence-electron chi connectivity index (χ1n) is 5.32. The summed E-state index contributed by atoms with van der Waals surface area (Å²) in [6, 6.07) is 5.68. The topological polar surface area (TPSA) is 34.1 Å². The molecule has 0 aliphatic carbocycles. The standard InChI is InChI=1S/C13H12BrClN2O/c1-8-3-12(13(18-2)5-11(8)15)17-10-4-9(14)6-16-7-10/h3-7,17H,1-2H3. The van der Waals surface area contributed by atoms with Gasteiger partial charge in [-0.25, -0.2) is 0 Å². The number of pyridine rings is 1. The van der Waals surface area contributed by atoms with Crippen molar-refractivity contribution in [3.8, 4) is 5.75 Å². The van der Waals surface area contributed by atoms with Crippen LogP contribution in [0.25, 0.3) is 0 Å². The van der Waals surface area contributed by atoms with Crippen molar-refractivity contribution in [3.63, 3.8) is 0 Å². The van der Waals surface area contributed by atoms with Gasteiger partial charge in [0.15, 0.2) is 0 Å². The number of aryl methyl sites for hydroxylation is 1. The molecular formula is C13H12BrClN2O. The highest BCUT2D eigenvalue weighted by Gasteiger charge is 2.07. The predicted molar refractivity (Wildman–Crippen MR) is 78.0 cm³/mol. The zero-order chi connectivity index (χ0) is 13.1. The summed E-state index contributed by atoms with van der Waals surface area (Å²) in [6.45, 7) is 1.95. The van der Waals surface area contributed by atoms with Gasteiger partial charge in [-0.05, 0) is 40.5 Å². The van der Waals surface area contributed by atoms with Crippen LogP contribution >= 0.6 is 27.5 Å². The number of rotatable bonds is 3. The summed E-state index contributed by atoms with van der Waals surface area (Å²) in [5.74, 6) is 0.700. The van der Waals surface area contributed by atoms with Crippen molar-refractivity contribution in [2.45, 2.75) is 6.92 Å². The number of ether oxygens (including phenoxy) is 1. The van der Waals surface area contributed by atoms with E-state index in [9.17, 15) is 0 Å². The number of halogens is 2. The lowest BCUT2D eigenvalue weighted by Crippen LogP contribution is -1.96. The van der Waals surface area contributed by atoms with Crippen LogP contribution in [-0.4, -0.2) is 12.1 Å². The number of aromatic nitrogens is 1. The largest absolute Gasteiger partial charge is 0.495 e. The molecule has 0 atom stereocenters. The molecule has 0 saturated heterocycles. The Morgan fingerprint density at radius 2 is 2.06 bits per heavy atom. The Morgan fingerprint density at radius 3 is 2.72 bits per heavy atom. The number of nitrogens with one attached hydrogen (secondary N) is 1. The van der Waals surface area contributed by atoms with Gasteiger partial charge in [-0.2, -0.15) is 0 Å². The van der Waals surface area contributed by atoms with Crippen molar-refractivity contribution >= 4 is 38.9 Å². The first kappa shape index (κ1) is 13.2. The van der Waals surface area contributed by atoms with Gasteiger partial charge in [-0.15, -0.1) is 0 Å². The summed E-state index contributed by atoms with van der Waals surface area (Å²) in [5.41, 5.74) is 2.73. The molecule has 5 heteroatoms. The van der Waals surface area contributed by atoms with Crippen LogP contribution < -0.4 is 10.1 Å². The summed E-state index contributed by atoms with van der Waals surface area (Å²) in [6.07, 6.45) is 3.48. The predicted octanol–water partition coefficient (Wildman–Crippen LogP) is 4.56. The van der Waals surface area contributed by atoms with Crippen LogP contribution in [0.3, 0.4) is 0 Å². The minimum absolute atomic E-state index is 0.685. The maximum absolute atomic E-state index is 6.07. The lowest BCUT2D eigenvalue weighted by Gasteiger charge is -2.13. The Kier molecular flexibility index (Phi) is 4.09. The second-order valence-electron chi connectivity index (χ2n) is 3.82. The molecule has 2 rings (SSSR count). The monoisotopic (exact) mass is 326 g/mol. The Morgan fingerprint density at radius 1 is 1.28 bits per heavy atom. The van der Waals surface area contributed by atoms with E-state index in [1.807, 2.05) is 19.1 Å². The van der Waals surface area contributed by atoms with E-state index in [4.69, 9.17) is 16.3 Å². The minimum atomic E-state index is 0.685. The van der Waals surface area contributed by atoms with Crippen LogP contribution in [0.15, 0.2) is 35.1 Å². The molecule has 0 saturated carbocycles. The Hall–Kier alpha value is -1.26. The number of anilines is 2. The highest BCUT2D eigenvalue weighted by Crippen LogP contribution is 2.33. The van der Waals surface area contributed by atoms with Gasteiger partial charge < -0.3 is 10.1 Å². The molecule has 2 aromatic rings. The van der Waals surface area contributed by atoms with Crippen molar-refractivity contribution < 1.29 is 4.74 Å². The molecular weight excluding hydrogens is 316 g/mol. The number of hydrogen-bond acceptors (Lipinski definition) is 3. The maximum Gasteiger partial charge on any atom is 0.143 e. The molecule has 0 spiro atoms. The summed E-state index contributed by atoms with van der Waals surface area (Å²) >= 11 is 9.45. The molecule has 0 amide bonds. The van der Waals surface area contributed by atoms with Crippen LogP contribution in [0.5, 0.6) is 5.75 Å². The van der Waals surface area contributed by atoms with Crippen molar-refractivity contribution in [1.82, 2.24) is 4.98 Å². The first-order chi connectivity index (χ1) is 8.60. The highest BCUT2D eigenvalue weighted by molar-refractivity contribution is 9.10. The SMILES string of the molecule is COc1cc(Cl)c(C)cc1Nc1cncc(Br)c1. The molecule has 0 bridgehead atoms. The fourth-order valence-corrected chi connectivity index (χ4v) is 2.08. The van der Waals surface area contributed by atoms with Crippen molar-refractivity contribution in [3.05, 3.63) is 45.7 Å². The third-order valence-electron chi connectivity index (χ3n) is 2.46. The van der Waals surface area contributed by atoms with Gasteiger partial charge in [-0.1, -0.05) is 11.6 Å². The number of benzene rings is 1. The van der Waals surface area contributed by atoms with Crippen molar-refractivity contribution in [2.24, 2.45) is 0 Å². The normalized spacial score (nSPS) is 10.2. The van der Waals surface area contributed by atoms with E-state index in [1.165, 1.54) is 0 Å². The van der Waals surface area contributed by atoms with Crippen LogP contribution in [0.2, 0.25) is 5.02 Å². The van der Waals surface area contributed by atoms with Crippen LogP contribution in [0.1, 0.15) is 5.56 Å². The summed E-state index contributed by atoms with van der Waals surface area (Å²) in [5, 5.41) is 3.94. The average Bonchev–Trinajstić information content (AvgIpc) is 2.33. The zero-order valence-corrected chi connectivity index (χ0v) is 12.3. The van der Waals surface area contributed by atoms with Gasteiger partial charge in [0.1, 0.15) is 5.75 Å². The molecule has 94 valence electrons. The lowest BCUT2D eigenvalue weighted by atomic mass is 10.2. The second kappa shape index (κ2) is 5.59. The molecule has 1 aromatic carbocycles. The van der Waals surface area contributed by atoms with Gasteiger partial charge in [0.05, 0.1) is 24.7 Å². The first-order valence-corrected chi connectivity index (χ1v) is 6.49. The molecule has 0 fully saturated rings. The Labute approximate surface area is 119 Å². The van der Waals surface area contributed by atoms with E-state index in [0.717, 1.165) is 21.4 Å². The number of nitrogens with zero attached hydrogens (tertiary/aromatic N) is 1. The number of hydrogen-bond donors (Lipinski definition) is 1. The zero-order valence-electron chi connectivity index (χ0n) is 10.00. The molecule has 18 heavy (non-hydrogen) atoms. The summed E-state index contributed by atoms with van der Waals surface area (Å²) < 4.78 is 6.22. The molecule has 0 aliphatic heterocycles. The average molecular weight is 328 g/mol. The molecule has 3 nitrogen and oxygen atoms in total. The fourth-order valence-electron chi connectivity index (χ4n) is 1.57. The fraction of sp³-hybridized carbons (Fsp3) is 0.154. The molecule has 1 heterocycles. The molecule has 0 aliphatic rings. The summed E-state index contributed by atoms with van der Waals surface area (Å²) in [4.78, 5) is 4.10. The quantitative estimate of drug-likeness (QED) is 0.897. The second-order valence-corrected chi connectivity index (χ2v) is 5.14. The van der Waals surface area contributed by atoms with Crippen LogP contribution in [0, 0.1) is 6.92 Å².